The van der Waals surface area contributed by atoms with Gasteiger partial charge in [0.1, 0.15) is 5.75 Å². The molecule has 0 fully saturated rings. The van der Waals surface area contributed by atoms with Crippen molar-refractivity contribution in [3.63, 3.8) is 0 Å². The predicted molar refractivity (Wildman–Crippen MR) is 65.1 cm³/mol. The van der Waals surface area contributed by atoms with Crippen molar-refractivity contribution in [2.75, 3.05) is 13.0 Å². The molecule has 3 heteroatoms. The fourth-order valence-electron chi connectivity index (χ4n) is 1.11. The summed E-state index contributed by atoms with van der Waals surface area (Å²) in [6.45, 7) is 0. The van der Waals surface area contributed by atoms with Crippen LogP contribution in [0, 0.1) is 0 Å². The molecule has 0 unspecified atom stereocenters. The van der Waals surface area contributed by atoms with E-state index in [9.17, 15) is 0 Å². The second-order valence-corrected chi connectivity index (χ2v) is 4.06. The van der Waals surface area contributed by atoms with E-state index in [-0.39, 0.29) is 0 Å². The summed E-state index contributed by atoms with van der Waals surface area (Å²) in [5.74, 6) is 1.52. The fourth-order valence-corrected chi connectivity index (χ4v) is 1.61. The lowest BCUT2D eigenvalue weighted by Crippen LogP contribution is -1.86. The van der Waals surface area contributed by atoms with Crippen molar-refractivity contribution in [2.24, 2.45) is 0 Å². The topological polar surface area (TPSA) is 9.23 Å². The molecule has 0 aliphatic rings. The van der Waals surface area contributed by atoms with Gasteiger partial charge in [-0.3, -0.25) is 0 Å². The van der Waals surface area contributed by atoms with Crippen molar-refractivity contribution in [1.29, 1.82) is 0 Å². The highest BCUT2D eigenvalue weighted by Gasteiger charge is 1.99. The van der Waals surface area contributed by atoms with E-state index in [1.54, 1.807) is 7.11 Å². The molecule has 0 radical (unpaired) electrons. The summed E-state index contributed by atoms with van der Waals surface area (Å²) in [5.41, 5.74) is 1.06. The van der Waals surface area contributed by atoms with E-state index in [0.717, 1.165) is 22.2 Å². The Bertz CT molecular complexity index is 323. The van der Waals surface area contributed by atoms with Crippen molar-refractivity contribution < 1.29 is 4.74 Å². The van der Waals surface area contributed by atoms with Crippen molar-refractivity contribution in [3.8, 4) is 5.75 Å². The van der Waals surface area contributed by atoms with Crippen LogP contribution in [0.3, 0.4) is 0 Å². The molecule has 0 N–H and O–H groups in total. The monoisotopic (exact) mass is 274 g/mol. The van der Waals surface area contributed by atoms with Gasteiger partial charge in [0, 0.05) is 15.9 Å². The first-order valence-corrected chi connectivity index (χ1v) is 5.66. The van der Waals surface area contributed by atoms with Crippen LogP contribution in [0.25, 0.3) is 6.08 Å². The van der Waals surface area contributed by atoms with E-state index in [1.807, 2.05) is 30.4 Å². The summed E-state index contributed by atoms with van der Waals surface area (Å²) in [5, 5.41) is 0. The molecule has 0 atom stereocenters. The first kappa shape index (κ1) is 11.6. The second-order valence-electron chi connectivity index (χ2n) is 2.77. The predicted octanol–water partition coefficient (Wildman–Crippen LogP) is 4.10. The molecule has 1 nitrogen and oxygen atoms in total. The maximum absolute atomic E-state index is 5.58. The molecule has 0 spiro atoms. The summed E-state index contributed by atoms with van der Waals surface area (Å²) < 4.78 is 6.27. The lowest BCUT2D eigenvalue weighted by atomic mass is 10.2. The lowest BCUT2D eigenvalue weighted by Gasteiger charge is -2.04. The van der Waals surface area contributed by atoms with Crippen LogP contribution in [0.5, 0.6) is 5.75 Å². The first-order valence-electron chi connectivity index (χ1n) is 4.34. The summed E-state index contributed by atoms with van der Waals surface area (Å²) in [4.78, 5) is 0. The highest BCUT2D eigenvalue weighted by atomic mass is 79.9. The number of hydrogen-bond donors (Lipinski definition) is 0. The van der Waals surface area contributed by atoms with E-state index in [2.05, 4.69) is 15.9 Å². The molecule has 0 heterocycles. The number of alkyl halides is 1. The molecule has 0 saturated heterocycles. The minimum Gasteiger partial charge on any atom is -0.496 e. The van der Waals surface area contributed by atoms with Gasteiger partial charge in [0.25, 0.3) is 0 Å². The first-order chi connectivity index (χ1) is 6.77. The number of ether oxygens (including phenoxy) is 1. The van der Waals surface area contributed by atoms with Gasteiger partial charge in [-0.2, -0.15) is 0 Å². The largest absolute Gasteiger partial charge is 0.496 e. The van der Waals surface area contributed by atoms with Gasteiger partial charge in [-0.05, 0) is 24.6 Å². The number of halogens is 2. The molecular formula is C11H12BrClO. The third-order valence-corrected chi connectivity index (χ3v) is 2.48. The molecule has 1 aromatic rings. The Labute approximate surface area is 97.9 Å². The number of benzene rings is 1. The second kappa shape index (κ2) is 6.10. The van der Waals surface area contributed by atoms with Gasteiger partial charge < -0.3 is 4.74 Å². The van der Waals surface area contributed by atoms with Crippen LogP contribution in [-0.4, -0.2) is 13.0 Å². The third-order valence-electron chi connectivity index (χ3n) is 1.76. The lowest BCUT2D eigenvalue weighted by molar-refractivity contribution is 0.414. The molecule has 0 aliphatic carbocycles. The number of rotatable bonds is 4. The Kier molecular flexibility index (Phi) is 5.05. The summed E-state index contributed by atoms with van der Waals surface area (Å²) in [6.07, 6.45) is 4.93. The summed E-state index contributed by atoms with van der Waals surface area (Å²) in [7, 11) is 1.67. The normalized spacial score (nSPS) is 10.8. The van der Waals surface area contributed by atoms with Gasteiger partial charge in [-0.15, -0.1) is 11.6 Å². The van der Waals surface area contributed by atoms with E-state index in [0.29, 0.717) is 5.88 Å². The van der Waals surface area contributed by atoms with E-state index in [1.165, 1.54) is 0 Å². The zero-order valence-electron chi connectivity index (χ0n) is 7.97. The van der Waals surface area contributed by atoms with Crippen LogP contribution >= 0.6 is 27.5 Å². The standard InChI is InChI=1S/C11H12BrClO/c1-14-11-6-5-10(12)8-9(11)4-2-3-7-13/h2,4-6,8H,3,7H2,1H3/b4-2+. The van der Waals surface area contributed by atoms with Gasteiger partial charge >= 0.3 is 0 Å². The number of methoxy groups -OCH3 is 1. The number of hydrogen-bond acceptors (Lipinski definition) is 1. The minimum absolute atomic E-state index is 0.646. The van der Waals surface area contributed by atoms with Crippen LogP contribution in [0.2, 0.25) is 0 Å². The highest BCUT2D eigenvalue weighted by molar-refractivity contribution is 9.10. The van der Waals surface area contributed by atoms with Gasteiger partial charge in [0.2, 0.25) is 0 Å². The maximum Gasteiger partial charge on any atom is 0.126 e. The average molecular weight is 276 g/mol. The maximum atomic E-state index is 5.58. The van der Waals surface area contributed by atoms with Crippen molar-refractivity contribution in [2.45, 2.75) is 6.42 Å². The van der Waals surface area contributed by atoms with Crippen LogP contribution in [0.4, 0.5) is 0 Å². The van der Waals surface area contributed by atoms with Crippen molar-refractivity contribution in [1.82, 2.24) is 0 Å². The van der Waals surface area contributed by atoms with E-state index < -0.39 is 0 Å². The number of allylic oxidation sites excluding steroid dienone is 1. The Morgan fingerprint density at radius 3 is 2.93 bits per heavy atom. The Morgan fingerprint density at radius 1 is 1.50 bits per heavy atom. The Morgan fingerprint density at radius 2 is 2.29 bits per heavy atom. The van der Waals surface area contributed by atoms with Crippen LogP contribution in [0.15, 0.2) is 28.7 Å². The molecule has 0 aromatic heterocycles. The van der Waals surface area contributed by atoms with E-state index in [4.69, 9.17) is 16.3 Å². The molecule has 0 aliphatic heterocycles. The summed E-state index contributed by atoms with van der Waals surface area (Å²) in [6, 6.07) is 5.91. The molecule has 1 rings (SSSR count). The molecule has 0 bridgehead atoms. The molecule has 1 aromatic carbocycles. The zero-order chi connectivity index (χ0) is 10.4. The fraction of sp³-hybridized carbons (Fsp3) is 0.273. The molecular weight excluding hydrogens is 263 g/mol. The van der Waals surface area contributed by atoms with Gasteiger partial charge in [-0.25, -0.2) is 0 Å². The van der Waals surface area contributed by atoms with Gasteiger partial charge in [0.05, 0.1) is 7.11 Å². The van der Waals surface area contributed by atoms with Crippen molar-refractivity contribution in [3.05, 3.63) is 34.3 Å². The summed E-state index contributed by atoms with van der Waals surface area (Å²) >= 11 is 9.00. The molecule has 14 heavy (non-hydrogen) atoms. The molecule has 0 amide bonds. The SMILES string of the molecule is COc1ccc(Br)cc1/C=C/CCCl. The smallest absolute Gasteiger partial charge is 0.126 e. The van der Waals surface area contributed by atoms with Gasteiger partial charge in [-0.1, -0.05) is 28.1 Å². The van der Waals surface area contributed by atoms with Crippen LogP contribution < -0.4 is 4.74 Å². The highest BCUT2D eigenvalue weighted by Crippen LogP contribution is 2.24. The zero-order valence-corrected chi connectivity index (χ0v) is 10.3. The molecule has 0 saturated carbocycles. The molecule has 76 valence electrons. The Balaban J connectivity index is 2.87. The van der Waals surface area contributed by atoms with Gasteiger partial charge in [0.15, 0.2) is 0 Å². The average Bonchev–Trinajstić information content (AvgIpc) is 2.19. The minimum atomic E-state index is 0.646. The Hall–Kier alpha value is -0.470. The third kappa shape index (κ3) is 3.35. The van der Waals surface area contributed by atoms with Crippen LogP contribution in [-0.2, 0) is 0 Å². The quantitative estimate of drug-likeness (QED) is 0.752. The van der Waals surface area contributed by atoms with Crippen LogP contribution in [0.1, 0.15) is 12.0 Å². The van der Waals surface area contributed by atoms with E-state index >= 15 is 0 Å². The van der Waals surface area contributed by atoms with Crippen molar-refractivity contribution >= 4 is 33.6 Å².